The number of halogens is 1. The lowest BCUT2D eigenvalue weighted by atomic mass is 9.85. The number of hydrogen-bond acceptors (Lipinski definition) is 2. The van der Waals surface area contributed by atoms with E-state index in [0.29, 0.717) is 11.1 Å². The molecule has 21 heavy (non-hydrogen) atoms. The van der Waals surface area contributed by atoms with Crippen LogP contribution in [0.25, 0.3) is 10.9 Å². The molecule has 0 saturated heterocycles. The quantitative estimate of drug-likeness (QED) is 0.772. The lowest BCUT2D eigenvalue weighted by molar-refractivity contribution is 0.103. The number of nitrogens with zero attached hydrogens (tertiary/aromatic N) is 1. The van der Waals surface area contributed by atoms with Gasteiger partial charge in [0.1, 0.15) is 11.4 Å². The van der Waals surface area contributed by atoms with Crippen LogP contribution in [-0.4, -0.2) is 10.1 Å². The monoisotopic (exact) mass is 281 g/mol. The summed E-state index contributed by atoms with van der Waals surface area (Å²) < 4.78 is 13.8. The molecule has 0 aliphatic carbocycles. The predicted molar refractivity (Wildman–Crippen MR) is 81.6 cm³/mol. The van der Waals surface area contributed by atoms with Gasteiger partial charge in [-0.3, -0.25) is 4.98 Å². The first-order chi connectivity index (χ1) is 10.00. The number of aryl methyl sites for hydroxylation is 1. The van der Waals surface area contributed by atoms with E-state index in [4.69, 9.17) is 0 Å². The van der Waals surface area contributed by atoms with Crippen LogP contribution in [-0.2, 0) is 5.60 Å². The van der Waals surface area contributed by atoms with Gasteiger partial charge in [-0.2, -0.15) is 0 Å². The molecule has 3 rings (SSSR count). The van der Waals surface area contributed by atoms with Gasteiger partial charge < -0.3 is 5.11 Å². The minimum absolute atomic E-state index is 0.314. The smallest absolute Gasteiger partial charge is 0.126 e. The molecule has 1 N–H and O–H groups in total. The van der Waals surface area contributed by atoms with Crippen LogP contribution in [0.2, 0.25) is 0 Å². The zero-order valence-electron chi connectivity index (χ0n) is 12.0. The number of benzene rings is 2. The Morgan fingerprint density at radius 2 is 1.90 bits per heavy atom. The third-order valence-corrected chi connectivity index (χ3v) is 3.90. The van der Waals surface area contributed by atoms with E-state index in [0.717, 1.165) is 16.5 Å². The molecule has 0 aliphatic heterocycles. The highest BCUT2D eigenvalue weighted by Gasteiger charge is 2.28. The molecule has 2 aromatic carbocycles. The van der Waals surface area contributed by atoms with Crippen molar-refractivity contribution in [2.75, 3.05) is 0 Å². The van der Waals surface area contributed by atoms with Crippen LogP contribution >= 0.6 is 0 Å². The van der Waals surface area contributed by atoms with Crippen molar-refractivity contribution in [3.8, 4) is 0 Å². The topological polar surface area (TPSA) is 33.1 Å². The molecule has 1 aromatic heterocycles. The Labute approximate surface area is 122 Å². The summed E-state index contributed by atoms with van der Waals surface area (Å²) in [5, 5.41) is 11.8. The summed E-state index contributed by atoms with van der Waals surface area (Å²) in [6, 6.07) is 14.2. The largest absolute Gasteiger partial charge is 0.381 e. The van der Waals surface area contributed by atoms with Crippen LogP contribution < -0.4 is 0 Å². The molecule has 1 heterocycles. The molecule has 3 aromatic rings. The van der Waals surface area contributed by atoms with E-state index < -0.39 is 5.60 Å². The predicted octanol–water partition coefficient (Wildman–Crippen LogP) is 3.94. The highest BCUT2D eigenvalue weighted by atomic mass is 19.1. The highest BCUT2D eigenvalue weighted by Crippen LogP contribution is 2.34. The number of aromatic nitrogens is 1. The number of pyridine rings is 1. The summed E-state index contributed by atoms with van der Waals surface area (Å²) >= 11 is 0. The Morgan fingerprint density at radius 3 is 2.67 bits per heavy atom. The van der Waals surface area contributed by atoms with Crippen molar-refractivity contribution < 1.29 is 9.50 Å². The van der Waals surface area contributed by atoms with E-state index >= 15 is 0 Å². The van der Waals surface area contributed by atoms with Crippen molar-refractivity contribution in [3.63, 3.8) is 0 Å². The van der Waals surface area contributed by atoms with Gasteiger partial charge in [0.05, 0.1) is 5.52 Å². The Bertz CT molecular complexity index is 806. The second-order valence-electron chi connectivity index (χ2n) is 5.41. The maximum absolute atomic E-state index is 13.8. The van der Waals surface area contributed by atoms with E-state index in [-0.39, 0.29) is 5.82 Å². The van der Waals surface area contributed by atoms with Crippen molar-refractivity contribution in [1.82, 2.24) is 4.98 Å². The molecule has 0 saturated carbocycles. The van der Waals surface area contributed by atoms with Crippen LogP contribution in [0.4, 0.5) is 4.39 Å². The Morgan fingerprint density at radius 1 is 1.10 bits per heavy atom. The summed E-state index contributed by atoms with van der Waals surface area (Å²) in [6.45, 7) is 3.38. The Balaban J connectivity index is 2.22. The molecule has 0 spiro atoms. The molecule has 0 bridgehead atoms. The van der Waals surface area contributed by atoms with Gasteiger partial charge in [-0.1, -0.05) is 30.3 Å². The summed E-state index contributed by atoms with van der Waals surface area (Å²) in [7, 11) is 0. The zero-order chi connectivity index (χ0) is 15.0. The van der Waals surface area contributed by atoms with Crippen molar-refractivity contribution in [3.05, 3.63) is 77.2 Å². The molecule has 106 valence electrons. The normalized spacial score (nSPS) is 14.1. The van der Waals surface area contributed by atoms with Crippen LogP contribution in [0.1, 0.15) is 23.6 Å². The van der Waals surface area contributed by atoms with Gasteiger partial charge in [-0.25, -0.2) is 4.39 Å². The number of aliphatic hydroxyl groups is 1. The fourth-order valence-electron chi connectivity index (χ4n) is 2.58. The molecular weight excluding hydrogens is 265 g/mol. The summed E-state index contributed by atoms with van der Waals surface area (Å²) in [6.07, 6.45) is 1.71. The molecular formula is C18H16FNO. The van der Waals surface area contributed by atoms with Crippen molar-refractivity contribution in [1.29, 1.82) is 0 Å². The molecule has 0 radical (unpaired) electrons. The van der Waals surface area contributed by atoms with Crippen LogP contribution in [0.5, 0.6) is 0 Å². The fourth-order valence-corrected chi connectivity index (χ4v) is 2.58. The third kappa shape index (κ3) is 2.30. The number of rotatable bonds is 2. The lowest BCUT2D eigenvalue weighted by Crippen LogP contribution is -2.23. The summed E-state index contributed by atoms with van der Waals surface area (Å²) in [4.78, 5) is 4.30. The highest BCUT2D eigenvalue weighted by molar-refractivity contribution is 5.83. The lowest BCUT2D eigenvalue weighted by Gasteiger charge is -2.26. The summed E-state index contributed by atoms with van der Waals surface area (Å²) in [5.74, 6) is -0.314. The van der Waals surface area contributed by atoms with Crippen LogP contribution in [0.3, 0.4) is 0 Å². The van der Waals surface area contributed by atoms with Crippen LogP contribution in [0.15, 0.2) is 54.7 Å². The molecule has 1 atom stereocenters. The second-order valence-corrected chi connectivity index (χ2v) is 5.41. The van der Waals surface area contributed by atoms with Gasteiger partial charge in [0.15, 0.2) is 0 Å². The summed E-state index contributed by atoms with van der Waals surface area (Å²) in [5.41, 5.74) is 1.34. The molecule has 0 fully saturated rings. The SMILES string of the molecule is Cc1ccc(C(C)(O)c2cccc3ncccc23)cc1F. The Hall–Kier alpha value is -2.26. The number of hydrogen-bond donors (Lipinski definition) is 1. The molecule has 2 nitrogen and oxygen atoms in total. The zero-order valence-corrected chi connectivity index (χ0v) is 12.0. The van der Waals surface area contributed by atoms with Gasteiger partial charge in [0.2, 0.25) is 0 Å². The van der Waals surface area contributed by atoms with Crippen LogP contribution in [0, 0.1) is 12.7 Å². The minimum Gasteiger partial charge on any atom is -0.381 e. The molecule has 0 aliphatic rings. The number of fused-ring (bicyclic) bond motifs is 1. The van der Waals surface area contributed by atoms with Gasteiger partial charge in [-0.05, 0) is 48.7 Å². The maximum atomic E-state index is 13.8. The second kappa shape index (κ2) is 4.93. The minimum atomic E-state index is -1.28. The fraction of sp³-hybridized carbons (Fsp3) is 0.167. The molecule has 1 unspecified atom stereocenters. The average Bonchev–Trinajstić information content (AvgIpc) is 2.49. The van der Waals surface area contributed by atoms with Gasteiger partial charge in [-0.15, -0.1) is 0 Å². The molecule has 3 heteroatoms. The van der Waals surface area contributed by atoms with Crippen molar-refractivity contribution >= 4 is 10.9 Å². The first kappa shape index (κ1) is 13.7. The van der Waals surface area contributed by atoms with E-state index in [9.17, 15) is 9.50 Å². The van der Waals surface area contributed by atoms with E-state index in [1.807, 2.05) is 30.3 Å². The average molecular weight is 281 g/mol. The van der Waals surface area contributed by atoms with E-state index in [1.165, 1.54) is 6.07 Å². The first-order valence-electron chi connectivity index (χ1n) is 6.83. The third-order valence-electron chi connectivity index (χ3n) is 3.90. The maximum Gasteiger partial charge on any atom is 0.126 e. The van der Waals surface area contributed by atoms with Gasteiger partial charge in [0.25, 0.3) is 0 Å². The van der Waals surface area contributed by atoms with Gasteiger partial charge in [0, 0.05) is 11.6 Å². The first-order valence-corrected chi connectivity index (χ1v) is 6.83. The van der Waals surface area contributed by atoms with Gasteiger partial charge >= 0.3 is 0 Å². The molecule has 0 amide bonds. The van der Waals surface area contributed by atoms with Crippen molar-refractivity contribution in [2.45, 2.75) is 19.4 Å². The van der Waals surface area contributed by atoms with E-state index in [1.54, 1.807) is 32.2 Å². The standard InChI is InChI=1S/C18H16FNO/c1-12-8-9-13(11-16(12)19)18(2,21)15-6-3-7-17-14(15)5-4-10-20-17/h3-11,21H,1-2H3. The van der Waals surface area contributed by atoms with E-state index in [2.05, 4.69) is 4.98 Å². The van der Waals surface area contributed by atoms with Crippen molar-refractivity contribution in [2.24, 2.45) is 0 Å². The Kier molecular flexibility index (Phi) is 3.22.